The molecule has 1 aromatic carbocycles. The van der Waals surface area contributed by atoms with Gasteiger partial charge in [0.15, 0.2) is 0 Å². The number of carbonyl (C=O) groups excluding carboxylic acids is 1. The number of benzene rings is 1. The molecule has 0 unspecified atom stereocenters. The van der Waals surface area contributed by atoms with E-state index in [1.54, 1.807) is 12.1 Å². The Labute approximate surface area is 157 Å². The first-order valence-corrected chi connectivity index (χ1v) is 8.44. The molecule has 2 heterocycles. The van der Waals surface area contributed by atoms with Gasteiger partial charge >= 0.3 is 0 Å². The van der Waals surface area contributed by atoms with Crippen molar-refractivity contribution in [3.05, 3.63) is 47.6 Å². The molecular weight excluding hydrogens is 359 g/mol. The van der Waals surface area contributed by atoms with Crippen molar-refractivity contribution in [2.24, 2.45) is 0 Å². The molecule has 0 radical (unpaired) electrons. The number of carbonyl (C=O) groups is 1. The lowest BCUT2D eigenvalue weighted by atomic mass is 10.1. The highest BCUT2D eigenvalue weighted by Gasteiger charge is 2.10. The van der Waals surface area contributed by atoms with Crippen LogP contribution in [0.1, 0.15) is 25.2 Å². The monoisotopic (exact) mass is 380 g/mol. The second-order valence-corrected chi connectivity index (χ2v) is 5.97. The number of aryl methyl sites for hydroxylation is 1. The fraction of sp³-hybridized carbons (Fsp3) is 0.389. The summed E-state index contributed by atoms with van der Waals surface area (Å²) in [6.45, 7) is 2.46. The molecule has 0 bridgehead atoms. The predicted octanol–water partition coefficient (Wildman–Crippen LogP) is 2.66. The van der Waals surface area contributed by atoms with E-state index < -0.39 is 0 Å². The Morgan fingerprint density at radius 2 is 2.12 bits per heavy atom. The van der Waals surface area contributed by atoms with E-state index in [2.05, 4.69) is 26.9 Å². The second kappa shape index (κ2) is 10.0. The first-order valence-electron chi connectivity index (χ1n) is 8.44. The molecule has 8 heteroatoms. The highest BCUT2D eigenvalue weighted by Crippen LogP contribution is 2.16. The van der Waals surface area contributed by atoms with E-state index in [-0.39, 0.29) is 24.1 Å². The molecule has 0 spiro atoms. The van der Waals surface area contributed by atoms with Gasteiger partial charge in [-0.2, -0.15) is 4.98 Å². The molecule has 0 aliphatic carbocycles. The zero-order valence-corrected chi connectivity index (χ0v) is 15.2. The summed E-state index contributed by atoms with van der Waals surface area (Å²) in [5.41, 5.74) is 1.97. The van der Waals surface area contributed by atoms with Crippen LogP contribution in [0.2, 0.25) is 0 Å². The van der Waals surface area contributed by atoms with E-state index in [1.807, 2.05) is 0 Å². The molecule has 1 aliphatic rings. The summed E-state index contributed by atoms with van der Waals surface area (Å²) in [5, 5.41) is 10.1. The number of hydrogen-bond acceptors (Lipinski definition) is 5. The van der Waals surface area contributed by atoms with E-state index >= 15 is 0 Å². The number of hydrogen-bond donors (Lipinski definition) is 2. The van der Waals surface area contributed by atoms with Crippen molar-refractivity contribution < 1.29 is 13.7 Å². The minimum Gasteiger partial charge on any atom is -0.352 e. The average molecular weight is 381 g/mol. The number of nitrogens with one attached hydrogen (secondary N) is 2. The van der Waals surface area contributed by atoms with Gasteiger partial charge in [0.1, 0.15) is 5.82 Å². The molecule has 0 atom stereocenters. The molecule has 2 aromatic rings. The van der Waals surface area contributed by atoms with Crippen LogP contribution in [0.3, 0.4) is 0 Å². The van der Waals surface area contributed by atoms with Crippen molar-refractivity contribution in [1.29, 1.82) is 0 Å². The van der Waals surface area contributed by atoms with Gasteiger partial charge in [-0.15, -0.1) is 12.4 Å². The summed E-state index contributed by atoms with van der Waals surface area (Å²) in [6.07, 6.45) is 4.69. The third-order valence-corrected chi connectivity index (χ3v) is 4.04. The Morgan fingerprint density at radius 3 is 2.85 bits per heavy atom. The molecule has 1 amide bonds. The molecule has 0 saturated heterocycles. The number of rotatable bonds is 7. The number of halogens is 2. The van der Waals surface area contributed by atoms with Crippen LogP contribution >= 0.6 is 12.4 Å². The number of aromatic nitrogens is 2. The molecule has 140 valence electrons. The fourth-order valence-corrected chi connectivity index (χ4v) is 2.60. The maximum absolute atomic E-state index is 12.9. The molecule has 1 aromatic heterocycles. The van der Waals surface area contributed by atoms with Gasteiger partial charge in [-0.05, 0) is 43.7 Å². The van der Waals surface area contributed by atoms with E-state index in [1.165, 1.54) is 17.7 Å². The van der Waals surface area contributed by atoms with Crippen molar-refractivity contribution in [2.75, 3.05) is 19.6 Å². The van der Waals surface area contributed by atoms with Crippen LogP contribution in [0.5, 0.6) is 0 Å². The largest absolute Gasteiger partial charge is 0.352 e. The summed E-state index contributed by atoms with van der Waals surface area (Å²) in [6, 6.07) is 5.92. The van der Waals surface area contributed by atoms with Gasteiger partial charge in [-0.1, -0.05) is 16.8 Å². The van der Waals surface area contributed by atoms with Gasteiger partial charge < -0.3 is 15.2 Å². The van der Waals surface area contributed by atoms with Crippen molar-refractivity contribution in [3.63, 3.8) is 0 Å². The van der Waals surface area contributed by atoms with Crippen LogP contribution in [-0.2, 0) is 11.2 Å². The standard InChI is InChI=1S/C18H21FN4O2.ClH/c19-15-6-4-14(5-7-15)18-22-17(25-23-18)3-1-2-16(24)21-12-13-8-10-20-11-9-13;/h4-8,20H,1-3,9-12H2,(H,21,24);1H. The highest BCUT2D eigenvalue weighted by molar-refractivity contribution is 5.85. The molecule has 3 rings (SSSR count). The Balaban J connectivity index is 0.00000243. The Kier molecular flexibility index (Phi) is 7.74. The van der Waals surface area contributed by atoms with Crippen molar-refractivity contribution in [1.82, 2.24) is 20.8 Å². The third kappa shape index (κ3) is 5.93. The van der Waals surface area contributed by atoms with Gasteiger partial charge in [0, 0.05) is 31.5 Å². The van der Waals surface area contributed by atoms with Crippen LogP contribution < -0.4 is 10.6 Å². The van der Waals surface area contributed by atoms with Crippen molar-refractivity contribution in [2.45, 2.75) is 25.7 Å². The molecule has 26 heavy (non-hydrogen) atoms. The average Bonchev–Trinajstić information content (AvgIpc) is 3.10. The van der Waals surface area contributed by atoms with Gasteiger partial charge in [0.25, 0.3) is 0 Å². The fourth-order valence-electron chi connectivity index (χ4n) is 2.60. The summed E-state index contributed by atoms with van der Waals surface area (Å²) in [5.74, 6) is 0.627. The molecule has 1 aliphatic heterocycles. The number of amides is 1. The SMILES string of the molecule is Cl.O=C(CCCc1nc(-c2ccc(F)cc2)no1)NCC1=CCNCC1. The van der Waals surface area contributed by atoms with Crippen LogP contribution in [-0.4, -0.2) is 35.7 Å². The lowest BCUT2D eigenvalue weighted by Crippen LogP contribution is -2.29. The lowest BCUT2D eigenvalue weighted by Gasteiger charge is -2.14. The van der Waals surface area contributed by atoms with Gasteiger partial charge in [0.2, 0.25) is 17.6 Å². The van der Waals surface area contributed by atoms with E-state index in [9.17, 15) is 9.18 Å². The molecule has 6 nitrogen and oxygen atoms in total. The summed E-state index contributed by atoms with van der Waals surface area (Å²) >= 11 is 0. The topological polar surface area (TPSA) is 80.0 Å². The van der Waals surface area contributed by atoms with Gasteiger partial charge in [0.05, 0.1) is 0 Å². The summed E-state index contributed by atoms with van der Waals surface area (Å²) in [4.78, 5) is 16.2. The first-order chi connectivity index (χ1) is 12.2. The van der Waals surface area contributed by atoms with E-state index in [0.29, 0.717) is 43.1 Å². The predicted molar refractivity (Wildman–Crippen MR) is 98.5 cm³/mol. The van der Waals surface area contributed by atoms with Gasteiger partial charge in [-0.25, -0.2) is 4.39 Å². The molecule has 0 saturated carbocycles. The van der Waals surface area contributed by atoms with E-state index in [4.69, 9.17) is 4.52 Å². The maximum atomic E-state index is 12.9. The van der Waals surface area contributed by atoms with Gasteiger partial charge in [-0.3, -0.25) is 4.79 Å². The molecule has 0 fully saturated rings. The zero-order valence-electron chi connectivity index (χ0n) is 14.3. The lowest BCUT2D eigenvalue weighted by molar-refractivity contribution is -0.121. The Hall–Kier alpha value is -2.25. The molecular formula is C18H22ClFN4O2. The Morgan fingerprint density at radius 1 is 1.31 bits per heavy atom. The first kappa shape index (κ1) is 20.1. The molecule has 2 N–H and O–H groups in total. The Bertz CT molecular complexity index is 746. The minimum absolute atomic E-state index is 0. The highest BCUT2D eigenvalue weighted by atomic mass is 35.5. The zero-order chi connectivity index (χ0) is 17.5. The quantitative estimate of drug-likeness (QED) is 0.722. The second-order valence-electron chi connectivity index (χ2n) is 5.97. The maximum Gasteiger partial charge on any atom is 0.226 e. The van der Waals surface area contributed by atoms with Crippen molar-refractivity contribution in [3.8, 4) is 11.4 Å². The summed E-state index contributed by atoms with van der Waals surface area (Å²) in [7, 11) is 0. The summed E-state index contributed by atoms with van der Waals surface area (Å²) < 4.78 is 18.1. The van der Waals surface area contributed by atoms with Crippen molar-refractivity contribution >= 4 is 18.3 Å². The smallest absolute Gasteiger partial charge is 0.226 e. The normalized spacial score (nSPS) is 13.7. The van der Waals surface area contributed by atoms with E-state index in [0.717, 1.165) is 19.5 Å². The number of nitrogens with zero attached hydrogens (tertiary/aromatic N) is 2. The third-order valence-electron chi connectivity index (χ3n) is 4.04. The van der Waals surface area contributed by atoms with Crippen LogP contribution in [0.4, 0.5) is 4.39 Å². The van der Waals surface area contributed by atoms with Crippen LogP contribution in [0.15, 0.2) is 40.4 Å². The van der Waals surface area contributed by atoms with Crippen LogP contribution in [0, 0.1) is 5.82 Å². The van der Waals surface area contributed by atoms with Crippen LogP contribution in [0.25, 0.3) is 11.4 Å². The minimum atomic E-state index is -0.307.